The Kier molecular flexibility index (Phi) is 6.64. The maximum Gasteiger partial charge on any atom is 0.219 e. The van der Waals surface area contributed by atoms with E-state index in [1.54, 1.807) is 6.92 Å². The van der Waals surface area contributed by atoms with E-state index in [0.717, 1.165) is 24.1 Å². The number of carbonyl (C=O) groups excluding carboxylic acids is 1. The van der Waals surface area contributed by atoms with Gasteiger partial charge in [0.1, 0.15) is 23.0 Å². The predicted octanol–water partition coefficient (Wildman–Crippen LogP) is 3.65. The van der Waals surface area contributed by atoms with E-state index in [-0.39, 0.29) is 5.91 Å². The molecule has 30 heavy (non-hydrogen) atoms. The zero-order valence-corrected chi connectivity index (χ0v) is 18.6. The minimum atomic E-state index is 0.111. The van der Waals surface area contributed by atoms with Crippen LogP contribution in [-0.4, -0.2) is 36.4 Å². The molecule has 0 saturated carbocycles. The summed E-state index contributed by atoms with van der Waals surface area (Å²) in [4.78, 5) is 20.0. The molecular formula is C23H25N5OS. The third-order valence-electron chi connectivity index (χ3n) is 5.35. The molecule has 7 heteroatoms. The topological polar surface area (TPSA) is 84.0 Å². The second-order valence-corrected chi connectivity index (χ2v) is 8.49. The molecule has 0 spiro atoms. The quantitative estimate of drug-likeness (QED) is 0.688. The minimum Gasteiger partial charge on any atom is -0.362 e. The number of rotatable bonds is 5. The Bertz CT molecular complexity index is 1060. The molecule has 1 aliphatic heterocycles. The lowest BCUT2D eigenvalue weighted by Crippen LogP contribution is -2.34. The lowest BCUT2D eigenvalue weighted by atomic mass is 9.98. The molecule has 0 unspecified atom stereocenters. The number of benzene rings is 1. The van der Waals surface area contributed by atoms with Gasteiger partial charge in [0.2, 0.25) is 5.91 Å². The highest BCUT2D eigenvalue weighted by Crippen LogP contribution is 2.33. The van der Waals surface area contributed by atoms with E-state index in [0.29, 0.717) is 40.7 Å². The van der Waals surface area contributed by atoms with Crippen LogP contribution in [0.5, 0.6) is 0 Å². The van der Waals surface area contributed by atoms with Gasteiger partial charge in [-0.25, -0.2) is 4.98 Å². The summed E-state index contributed by atoms with van der Waals surface area (Å²) in [5.41, 5.74) is 5.38. The van der Waals surface area contributed by atoms with Crippen molar-refractivity contribution in [3.8, 4) is 12.1 Å². The zero-order valence-electron chi connectivity index (χ0n) is 17.8. The summed E-state index contributed by atoms with van der Waals surface area (Å²) in [6, 6.07) is 10.9. The van der Waals surface area contributed by atoms with Gasteiger partial charge in [-0.1, -0.05) is 25.1 Å². The maximum absolute atomic E-state index is 11.6. The SMILES string of the molecule is CCc1c(C#N)c(SCc2ccc3c(c2)CCN(C(C)=O)C3)nc(N(C)C)c1C#N. The molecule has 1 amide bonds. The lowest BCUT2D eigenvalue weighted by Gasteiger charge is -2.28. The Morgan fingerprint density at radius 3 is 2.57 bits per heavy atom. The van der Waals surface area contributed by atoms with E-state index >= 15 is 0 Å². The van der Waals surface area contributed by atoms with Crippen molar-refractivity contribution in [3.63, 3.8) is 0 Å². The third kappa shape index (κ3) is 4.27. The number of hydrogen-bond acceptors (Lipinski definition) is 6. The Hall–Kier alpha value is -3.03. The summed E-state index contributed by atoms with van der Waals surface area (Å²) >= 11 is 1.53. The molecule has 0 saturated heterocycles. The molecule has 1 aliphatic rings. The van der Waals surface area contributed by atoms with Crippen LogP contribution < -0.4 is 4.90 Å². The smallest absolute Gasteiger partial charge is 0.219 e. The standard InChI is InChI=1S/C23H25N5OS/c1-5-19-20(11-24)22(27(3)4)26-23(21(19)12-25)30-14-16-6-7-18-13-28(15(2)29)9-8-17(18)10-16/h6-7,10H,5,8-9,13-14H2,1-4H3. The third-order valence-corrected chi connectivity index (χ3v) is 6.40. The fraction of sp³-hybridized carbons (Fsp3) is 0.391. The van der Waals surface area contributed by atoms with Crippen molar-refractivity contribution in [2.24, 2.45) is 0 Å². The molecule has 2 heterocycles. The molecule has 6 nitrogen and oxygen atoms in total. The van der Waals surface area contributed by atoms with Gasteiger partial charge in [-0.3, -0.25) is 4.79 Å². The summed E-state index contributed by atoms with van der Waals surface area (Å²) in [5.74, 6) is 1.40. The molecule has 0 aliphatic carbocycles. The molecule has 1 aromatic heterocycles. The summed E-state index contributed by atoms with van der Waals surface area (Å²) in [6.45, 7) is 4.99. The monoisotopic (exact) mass is 419 g/mol. The van der Waals surface area contributed by atoms with Crippen molar-refractivity contribution < 1.29 is 4.79 Å². The number of pyridine rings is 1. The van der Waals surface area contributed by atoms with Crippen LogP contribution >= 0.6 is 11.8 Å². The molecule has 154 valence electrons. The number of aromatic nitrogens is 1. The number of nitrogens with zero attached hydrogens (tertiary/aromatic N) is 5. The first-order valence-electron chi connectivity index (χ1n) is 9.92. The number of amides is 1. The number of carbonyl (C=O) groups is 1. The first kappa shape index (κ1) is 21.7. The number of thioether (sulfide) groups is 1. The fourth-order valence-electron chi connectivity index (χ4n) is 3.73. The van der Waals surface area contributed by atoms with E-state index in [1.807, 2.05) is 30.8 Å². The highest BCUT2D eigenvalue weighted by molar-refractivity contribution is 7.98. The van der Waals surface area contributed by atoms with Gasteiger partial charge in [-0.05, 0) is 35.1 Å². The minimum absolute atomic E-state index is 0.111. The van der Waals surface area contributed by atoms with Gasteiger partial charge in [-0.2, -0.15) is 10.5 Å². The average Bonchev–Trinajstić information content (AvgIpc) is 2.75. The normalized spacial score (nSPS) is 12.7. The molecule has 2 aromatic rings. The lowest BCUT2D eigenvalue weighted by molar-refractivity contribution is -0.129. The van der Waals surface area contributed by atoms with Crippen LogP contribution in [0.2, 0.25) is 0 Å². The molecule has 0 N–H and O–H groups in total. The molecule has 0 atom stereocenters. The van der Waals surface area contributed by atoms with Gasteiger partial charge in [0.15, 0.2) is 0 Å². The van der Waals surface area contributed by atoms with E-state index in [9.17, 15) is 15.3 Å². The highest BCUT2D eigenvalue weighted by Gasteiger charge is 2.21. The van der Waals surface area contributed by atoms with Gasteiger partial charge in [0.25, 0.3) is 0 Å². The molecular weight excluding hydrogens is 394 g/mol. The Balaban J connectivity index is 1.88. The van der Waals surface area contributed by atoms with Crippen molar-refractivity contribution in [1.29, 1.82) is 10.5 Å². The van der Waals surface area contributed by atoms with Gasteiger partial charge in [0.05, 0.1) is 11.1 Å². The molecule has 0 fully saturated rings. The van der Waals surface area contributed by atoms with E-state index < -0.39 is 0 Å². The first-order chi connectivity index (χ1) is 14.4. The van der Waals surface area contributed by atoms with Crippen LogP contribution in [-0.2, 0) is 29.9 Å². The van der Waals surface area contributed by atoms with Crippen LogP contribution in [0.15, 0.2) is 23.2 Å². The molecule has 0 radical (unpaired) electrons. The van der Waals surface area contributed by atoms with E-state index in [4.69, 9.17) is 0 Å². The van der Waals surface area contributed by atoms with Gasteiger partial charge in [0, 0.05) is 39.9 Å². The zero-order chi connectivity index (χ0) is 21.8. The van der Waals surface area contributed by atoms with E-state index in [1.165, 1.54) is 22.9 Å². The van der Waals surface area contributed by atoms with Crippen molar-refractivity contribution >= 4 is 23.5 Å². The van der Waals surface area contributed by atoms with Crippen molar-refractivity contribution in [2.45, 2.75) is 44.0 Å². The van der Waals surface area contributed by atoms with Crippen LogP contribution in [0.3, 0.4) is 0 Å². The second kappa shape index (κ2) is 9.19. The van der Waals surface area contributed by atoms with E-state index in [2.05, 4.69) is 35.3 Å². The average molecular weight is 420 g/mol. The van der Waals surface area contributed by atoms with Crippen LogP contribution in [0, 0.1) is 22.7 Å². The largest absolute Gasteiger partial charge is 0.362 e. The summed E-state index contributed by atoms with van der Waals surface area (Å²) < 4.78 is 0. The second-order valence-electron chi connectivity index (χ2n) is 7.52. The van der Waals surface area contributed by atoms with Crippen LogP contribution in [0.1, 0.15) is 47.2 Å². The van der Waals surface area contributed by atoms with Crippen molar-refractivity contribution in [3.05, 3.63) is 51.6 Å². The van der Waals surface area contributed by atoms with Crippen molar-refractivity contribution in [2.75, 3.05) is 25.5 Å². The van der Waals surface area contributed by atoms with Gasteiger partial charge >= 0.3 is 0 Å². The highest BCUT2D eigenvalue weighted by atomic mass is 32.2. The Morgan fingerprint density at radius 1 is 1.23 bits per heavy atom. The Labute approximate surface area is 182 Å². The number of fused-ring (bicyclic) bond motifs is 1. The summed E-state index contributed by atoms with van der Waals surface area (Å²) in [5, 5.41) is 20.0. The summed E-state index contributed by atoms with van der Waals surface area (Å²) in [6.07, 6.45) is 1.46. The number of anilines is 1. The van der Waals surface area contributed by atoms with Gasteiger partial charge < -0.3 is 9.80 Å². The number of nitriles is 2. The molecule has 0 bridgehead atoms. The Morgan fingerprint density at radius 2 is 1.97 bits per heavy atom. The predicted molar refractivity (Wildman–Crippen MR) is 118 cm³/mol. The number of hydrogen-bond donors (Lipinski definition) is 0. The molecule has 3 rings (SSSR count). The van der Waals surface area contributed by atoms with Crippen LogP contribution in [0.4, 0.5) is 5.82 Å². The summed E-state index contributed by atoms with van der Waals surface area (Å²) in [7, 11) is 3.72. The maximum atomic E-state index is 11.6. The van der Waals surface area contributed by atoms with Crippen LogP contribution in [0.25, 0.3) is 0 Å². The molecule has 1 aromatic carbocycles. The fourth-order valence-corrected chi connectivity index (χ4v) is 4.68. The first-order valence-corrected chi connectivity index (χ1v) is 10.9. The van der Waals surface area contributed by atoms with Crippen molar-refractivity contribution in [1.82, 2.24) is 9.88 Å². The van der Waals surface area contributed by atoms with Gasteiger partial charge in [-0.15, -0.1) is 11.8 Å².